The Kier molecular flexibility index (Phi) is 22.2. The van der Waals surface area contributed by atoms with E-state index in [1.807, 2.05) is 30.3 Å². The lowest BCUT2D eigenvalue weighted by atomic mass is 10.0. The van der Waals surface area contributed by atoms with Crippen LogP contribution in [0.5, 0.6) is 5.75 Å². The van der Waals surface area contributed by atoms with Crippen LogP contribution in [0.3, 0.4) is 0 Å². The molecule has 0 aliphatic rings. The number of aliphatic carboxylic acids is 1. The summed E-state index contributed by atoms with van der Waals surface area (Å²) in [6.45, 7) is 7.05. The molecule has 0 amide bonds. The van der Waals surface area contributed by atoms with Crippen molar-refractivity contribution in [2.45, 2.75) is 111 Å². The number of aryl methyl sites for hydroxylation is 2. The molecule has 53 heavy (non-hydrogen) atoms. The van der Waals surface area contributed by atoms with Gasteiger partial charge in [0.05, 0.1) is 6.42 Å². The van der Waals surface area contributed by atoms with Crippen LogP contribution in [0.2, 0.25) is 0 Å². The number of hydrogen-bond donors (Lipinski definition) is 6. The van der Waals surface area contributed by atoms with E-state index in [0.717, 1.165) is 23.3 Å². The van der Waals surface area contributed by atoms with Crippen LogP contribution in [0.4, 0.5) is 0 Å². The summed E-state index contributed by atoms with van der Waals surface area (Å²) in [5, 5.41) is 24.1. The minimum Gasteiger partial charge on any atom is -0.488 e. The van der Waals surface area contributed by atoms with Crippen LogP contribution >= 0.6 is 18.9 Å². The van der Waals surface area contributed by atoms with Crippen molar-refractivity contribution in [1.29, 1.82) is 0 Å². The molecule has 0 bridgehead atoms. The van der Waals surface area contributed by atoms with Gasteiger partial charge in [0.25, 0.3) is 0 Å². The van der Waals surface area contributed by atoms with E-state index in [2.05, 4.69) is 79.1 Å². The van der Waals surface area contributed by atoms with Crippen LogP contribution in [-0.4, -0.2) is 44.9 Å². The molecule has 0 aliphatic carbocycles. The first kappa shape index (κ1) is 45.8. The Morgan fingerprint density at radius 2 is 1.38 bits per heavy atom. The zero-order valence-corrected chi connectivity index (χ0v) is 32.3. The fourth-order valence-corrected chi connectivity index (χ4v) is 6.99. The predicted molar refractivity (Wildman–Crippen MR) is 218 cm³/mol. The second-order valence-corrected chi connectivity index (χ2v) is 16.1. The lowest BCUT2D eigenvalue weighted by Crippen LogP contribution is -2.20. The van der Waals surface area contributed by atoms with Crippen LogP contribution in [0.25, 0.3) is 11.1 Å². The topological polar surface area (TPSA) is 148 Å². The summed E-state index contributed by atoms with van der Waals surface area (Å²) in [6, 6.07) is 29.0. The van der Waals surface area contributed by atoms with E-state index in [9.17, 15) is 14.5 Å². The average Bonchev–Trinajstić information content (AvgIpc) is 3.52. The standard InChI is InChI=1S/C22H23NO3S.C19H34NO4P.CH4/c1-16-21(18-5-3-2-4-6-18)13-20(27-16)15-26-19-9-7-17(8-10-19)14-23-12-11-22(24)25;1-2-3-4-5-6-7-8-9-17-10-12-18(13-11-17)16-20-15-14-19(21)25(22,23)24;/h2-10,13,23H,11-12,14-15H2,1H3,(H,24,25);10-13,19-21H,2-9,14-16H2,1H3,(H2,22,23,24);1H4. The minimum absolute atomic E-state index is 0. The van der Waals surface area contributed by atoms with Gasteiger partial charge in [0.1, 0.15) is 12.4 Å². The Morgan fingerprint density at radius 3 is 1.98 bits per heavy atom. The maximum absolute atomic E-state index is 10.8. The SMILES string of the molecule is C.CCCCCCCCCc1ccc(CNCCC(O)P(=O)(O)O)cc1.Cc1sc(COc2ccc(CNCCC(=O)O)cc2)cc1-c1ccccc1. The summed E-state index contributed by atoms with van der Waals surface area (Å²) in [5.74, 6) is -1.54. The number of hydrogen-bond acceptors (Lipinski definition) is 7. The smallest absolute Gasteiger partial charge is 0.353 e. The highest BCUT2D eigenvalue weighted by atomic mass is 32.1. The van der Waals surface area contributed by atoms with Gasteiger partial charge in [-0.15, -0.1) is 11.3 Å². The highest BCUT2D eigenvalue weighted by molar-refractivity contribution is 7.52. The van der Waals surface area contributed by atoms with E-state index in [1.54, 1.807) is 11.3 Å². The Labute approximate surface area is 321 Å². The van der Waals surface area contributed by atoms with Crippen molar-refractivity contribution in [1.82, 2.24) is 10.6 Å². The lowest BCUT2D eigenvalue weighted by molar-refractivity contribution is -0.136. The molecular weight excluding hydrogens is 708 g/mol. The maximum atomic E-state index is 10.8. The molecule has 1 atom stereocenters. The molecule has 0 radical (unpaired) electrons. The van der Waals surface area contributed by atoms with Crippen molar-refractivity contribution in [3.8, 4) is 16.9 Å². The lowest BCUT2D eigenvalue weighted by Gasteiger charge is -2.12. The number of aliphatic hydroxyl groups is 1. The Morgan fingerprint density at radius 1 is 0.811 bits per heavy atom. The average molecular weight is 769 g/mol. The first-order valence-corrected chi connectivity index (χ1v) is 20.9. The van der Waals surface area contributed by atoms with Gasteiger partial charge in [0.15, 0.2) is 5.85 Å². The van der Waals surface area contributed by atoms with Gasteiger partial charge in [-0.05, 0) is 78.7 Å². The third-order valence-corrected chi connectivity index (χ3v) is 10.7. The molecule has 11 heteroatoms. The summed E-state index contributed by atoms with van der Waals surface area (Å²) in [7, 11) is -4.38. The van der Waals surface area contributed by atoms with Crippen LogP contribution in [0.1, 0.15) is 98.6 Å². The molecule has 0 aliphatic heterocycles. The molecule has 9 nitrogen and oxygen atoms in total. The zero-order chi connectivity index (χ0) is 37.6. The summed E-state index contributed by atoms with van der Waals surface area (Å²) in [5.41, 5.74) is 6.09. The Hall–Kier alpha value is -3.34. The molecule has 1 heterocycles. The van der Waals surface area contributed by atoms with Crippen molar-refractivity contribution in [3.63, 3.8) is 0 Å². The number of rotatable bonds is 23. The minimum atomic E-state index is -4.38. The van der Waals surface area contributed by atoms with Crippen molar-refractivity contribution >= 4 is 24.9 Å². The number of aliphatic hydroxyl groups excluding tert-OH is 1. The predicted octanol–water partition coefficient (Wildman–Crippen LogP) is 9.46. The Balaban J connectivity index is 0.000000361. The number of nitrogens with one attached hydrogen (secondary N) is 2. The third-order valence-electron chi connectivity index (χ3n) is 8.59. The quantitative estimate of drug-likeness (QED) is 0.0321. The zero-order valence-electron chi connectivity index (χ0n) is 30.6. The fourth-order valence-electron chi connectivity index (χ4n) is 5.55. The number of carboxylic acids is 1. The van der Waals surface area contributed by atoms with Gasteiger partial charge in [-0.25, -0.2) is 0 Å². The molecule has 3 aromatic carbocycles. The fraction of sp³-hybridized carbons (Fsp3) is 0.452. The first-order valence-electron chi connectivity index (χ1n) is 18.4. The molecule has 0 saturated heterocycles. The van der Waals surface area contributed by atoms with Gasteiger partial charge in [-0.3, -0.25) is 9.36 Å². The first-order chi connectivity index (χ1) is 25.0. The molecule has 292 valence electrons. The number of thiophene rings is 1. The van der Waals surface area contributed by atoms with Crippen molar-refractivity contribution in [3.05, 3.63) is 111 Å². The van der Waals surface area contributed by atoms with E-state index in [0.29, 0.717) is 32.8 Å². The van der Waals surface area contributed by atoms with Crippen LogP contribution in [0.15, 0.2) is 84.9 Å². The van der Waals surface area contributed by atoms with Gasteiger partial charge < -0.3 is 35.4 Å². The number of carbonyl (C=O) groups is 1. The molecule has 0 saturated carbocycles. The normalized spacial score (nSPS) is 11.6. The molecule has 6 N–H and O–H groups in total. The van der Waals surface area contributed by atoms with Gasteiger partial charge in [0, 0.05) is 29.4 Å². The molecule has 1 unspecified atom stereocenters. The summed E-state index contributed by atoms with van der Waals surface area (Å²) in [6.07, 6.45) is 10.5. The highest BCUT2D eigenvalue weighted by Crippen LogP contribution is 2.40. The third kappa shape index (κ3) is 19.0. The van der Waals surface area contributed by atoms with Crippen LogP contribution in [0, 0.1) is 6.92 Å². The van der Waals surface area contributed by atoms with Gasteiger partial charge >= 0.3 is 13.6 Å². The molecule has 4 aromatic rings. The number of unbranched alkanes of at least 4 members (excludes halogenated alkanes) is 6. The highest BCUT2D eigenvalue weighted by Gasteiger charge is 2.25. The largest absolute Gasteiger partial charge is 0.488 e. The summed E-state index contributed by atoms with van der Waals surface area (Å²) >= 11 is 1.76. The van der Waals surface area contributed by atoms with Crippen molar-refractivity contribution in [2.75, 3.05) is 13.1 Å². The monoisotopic (exact) mass is 768 g/mol. The van der Waals surface area contributed by atoms with Gasteiger partial charge in [-0.2, -0.15) is 0 Å². The van der Waals surface area contributed by atoms with E-state index < -0.39 is 19.4 Å². The number of benzene rings is 3. The van der Waals surface area contributed by atoms with Crippen molar-refractivity contribution in [2.24, 2.45) is 0 Å². The van der Waals surface area contributed by atoms with Gasteiger partial charge in [0.2, 0.25) is 0 Å². The van der Waals surface area contributed by atoms with Crippen LogP contribution in [-0.2, 0) is 35.5 Å². The Bertz CT molecular complexity index is 1610. The molecule has 1 aromatic heterocycles. The number of ether oxygens (including phenoxy) is 1. The summed E-state index contributed by atoms with van der Waals surface area (Å²) < 4.78 is 16.7. The number of carboxylic acid groups (broad SMARTS) is 1. The van der Waals surface area contributed by atoms with E-state index in [1.165, 1.54) is 71.4 Å². The van der Waals surface area contributed by atoms with Gasteiger partial charge in [-0.1, -0.05) is 120 Å². The van der Waals surface area contributed by atoms with Crippen LogP contribution < -0.4 is 15.4 Å². The molecular formula is C42H61N2O7PS. The van der Waals surface area contributed by atoms with Crippen molar-refractivity contribution < 1.29 is 34.1 Å². The molecule has 0 spiro atoms. The van der Waals surface area contributed by atoms with E-state index in [-0.39, 0.29) is 20.3 Å². The summed E-state index contributed by atoms with van der Waals surface area (Å²) in [4.78, 5) is 30.6. The maximum Gasteiger partial charge on any atom is 0.353 e. The van der Waals surface area contributed by atoms with E-state index in [4.69, 9.17) is 19.6 Å². The second kappa shape index (κ2) is 25.6. The molecule has 4 rings (SSSR count). The second-order valence-electron chi connectivity index (χ2n) is 13.0. The van der Waals surface area contributed by atoms with E-state index >= 15 is 0 Å². The molecule has 0 fully saturated rings.